The molecule has 1 aromatic carbocycles. The van der Waals surface area contributed by atoms with Crippen molar-refractivity contribution in [3.8, 4) is 5.75 Å². The minimum absolute atomic E-state index is 0.0818. The Morgan fingerprint density at radius 1 is 1.32 bits per heavy atom. The molecule has 7 nitrogen and oxygen atoms in total. The van der Waals surface area contributed by atoms with Gasteiger partial charge in [-0.15, -0.1) is 0 Å². The van der Waals surface area contributed by atoms with Crippen molar-refractivity contribution in [3.63, 3.8) is 0 Å². The van der Waals surface area contributed by atoms with E-state index in [1.165, 1.54) is 31.2 Å². The molecule has 1 aromatic rings. The van der Waals surface area contributed by atoms with E-state index < -0.39 is 24.3 Å². The molecule has 0 aliphatic heterocycles. The summed E-state index contributed by atoms with van der Waals surface area (Å²) in [6.07, 6.45) is 1.76. The van der Waals surface area contributed by atoms with Gasteiger partial charge >= 0.3 is 5.97 Å². The molecule has 0 aromatic heterocycles. The summed E-state index contributed by atoms with van der Waals surface area (Å²) in [5.41, 5.74) is 0.410. The van der Waals surface area contributed by atoms with Crippen LogP contribution in [0.3, 0.4) is 0 Å². The number of hydrogen-bond acceptors (Lipinski definition) is 5. The van der Waals surface area contributed by atoms with Gasteiger partial charge < -0.3 is 19.7 Å². The Bertz CT molecular complexity index is 660. The lowest BCUT2D eigenvalue weighted by Crippen LogP contribution is -2.40. The highest BCUT2D eigenvalue weighted by Gasteiger charge is 2.24. The molecule has 0 spiro atoms. The number of rotatable bonds is 8. The summed E-state index contributed by atoms with van der Waals surface area (Å²) in [4.78, 5) is 36.4. The molecule has 0 atom stereocenters. The van der Waals surface area contributed by atoms with Gasteiger partial charge in [-0.2, -0.15) is 0 Å². The third-order valence-electron chi connectivity index (χ3n) is 3.67. The van der Waals surface area contributed by atoms with Gasteiger partial charge in [0.25, 0.3) is 5.91 Å². The molecule has 2 rings (SSSR count). The van der Waals surface area contributed by atoms with Crippen LogP contribution < -0.4 is 10.1 Å². The minimum Gasteiger partial charge on any atom is -0.494 e. The van der Waals surface area contributed by atoms with Gasteiger partial charge in [-0.3, -0.25) is 14.4 Å². The van der Waals surface area contributed by atoms with Gasteiger partial charge in [0, 0.05) is 13.1 Å². The van der Waals surface area contributed by atoms with Crippen LogP contribution in [0.5, 0.6) is 5.75 Å². The first-order valence-corrected chi connectivity index (χ1v) is 7.90. The fraction of sp³-hybridized carbons (Fsp3) is 0.471. The number of carbonyl (C=O) groups excluding carboxylic acids is 3. The average molecular weight is 352 g/mol. The van der Waals surface area contributed by atoms with Crippen molar-refractivity contribution in [1.82, 2.24) is 10.2 Å². The number of nitrogens with one attached hydrogen (secondary N) is 1. The molecule has 0 bridgehead atoms. The molecule has 1 N–H and O–H groups in total. The number of halogens is 1. The van der Waals surface area contributed by atoms with Crippen LogP contribution >= 0.6 is 0 Å². The van der Waals surface area contributed by atoms with Gasteiger partial charge in [0.05, 0.1) is 20.1 Å². The molecule has 1 aliphatic rings. The maximum Gasteiger partial charge on any atom is 0.310 e. The molecule has 136 valence electrons. The Morgan fingerprint density at radius 3 is 2.64 bits per heavy atom. The van der Waals surface area contributed by atoms with Crippen LogP contribution in [0, 0.1) is 5.82 Å². The van der Waals surface area contributed by atoms with E-state index in [-0.39, 0.29) is 30.7 Å². The molecule has 25 heavy (non-hydrogen) atoms. The van der Waals surface area contributed by atoms with Crippen LogP contribution in [0.4, 0.5) is 4.39 Å². The molecule has 1 saturated carbocycles. The zero-order chi connectivity index (χ0) is 18.4. The molecule has 1 fully saturated rings. The van der Waals surface area contributed by atoms with Crippen LogP contribution in [0.15, 0.2) is 18.2 Å². The number of benzene rings is 1. The first-order chi connectivity index (χ1) is 11.9. The molecule has 0 unspecified atom stereocenters. The highest BCUT2D eigenvalue weighted by atomic mass is 19.1. The van der Waals surface area contributed by atoms with Gasteiger partial charge in [-0.05, 0) is 30.5 Å². The van der Waals surface area contributed by atoms with E-state index in [1.54, 1.807) is 6.07 Å². The second-order valence-electron chi connectivity index (χ2n) is 5.90. The predicted molar refractivity (Wildman–Crippen MR) is 86.4 cm³/mol. The first kappa shape index (κ1) is 18.7. The first-order valence-electron chi connectivity index (χ1n) is 7.90. The highest BCUT2D eigenvalue weighted by Crippen LogP contribution is 2.19. The molecule has 2 amide bonds. The number of amides is 2. The standard InChI is InChI=1S/C17H21FN2O5/c1-20(9-15(21)19-12-4-5-12)16(22)10-25-17(23)8-11-3-6-14(24-2)13(18)7-11/h3,6-7,12H,4-5,8-10H2,1-2H3,(H,19,21). The van der Waals surface area contributed by atoms with Crippen molar-refractivity contribution in [2.45, 2.75) is 25.3 Å². The fourth-order valence-corrected chi connectivity index (χ4v) is 2.09. The zero-order valence-electron chi connectivity index (χ0n) is 14.2. The van der Waals surface area contributed by atoms with Gasteiger partial charge in [0.2, 0.25) is 5.91 Å². The van der Waals surface area contributed by atoms with Crippen molar-refractivity contribution in [2.75, 3.05) is 27.3 Å². The number of carbonyl (C=O) groups is 3. The Kier molecular flexibility index (Phi) is 6.32. The van der Waals surface area contributed by atoms with Gasteiger partial charge in [0.15, 0.2) is 18.2 Å². The van der Waals surface area contributed by atoms with Crippen LogP contribution in [0.1, 0.15) is 18.4 Å². The smallest absolute Gasteiger partial charge is 0.310 e. The predicted octanol–water partition coefficient (Wildman–Crippen LogP) is 0.657. The summed E-state index contributed by atoms with van der Waals surface area (Å²) in [7, 11) is 2.81. The molecule has 0 saturated heterocycles. The number of likely N-dealkylation sites (N-methyl/N-ethyl adjacent to an activating group) is 1. The Balaban J connectivity index is 1.73. The van der Waals surface area contributed by atoms with Crippen LogP contribution in [0.25, 0.3) is 0 Å². The van der Waals surface area contributed by atoms with Crippen LogP contribution in [-0.2, 0) is 25.5 Å². The lowest BCUT2D eigenvalue weighted by atomic mass is 10.1. The number of nitrogens with zero attached hydrogens (tertiary/aromatic N) is 1. The van der Waals surface area contributed by atoms with Gasteiger partial charge in [-0.25, -0.2) is 4.39 Å². The third-order valence-corrected chi connectivity index (χ3v) is 3.67. The normalized spacial score (nSPS) is 13.1. The number of methoxy groups -OCH3 is 1. The second kappa shape index (κ2) is 8.46. The van der Waals surface area contributed by atoms with Crippen molar-refractivity contribution in [1.29, 1.82) is 0 Å². The Hall–Kier alpha value is -2.64. The Morgan fingerprint density at radius 2 is 2.04 bits per heavy atom. The molecule has 1 aliphatic carbocycles. The highest BCUT2D eigenvalue weighted by molar-refractivity contribution is 5.86. The van der Waals surface area contributed by atoms with E-state index in [2.05, 4.69) is 5.32 Å². The average Bonchev–Trinajstić information content (AvgIpc) is 3.36. The number of esters is 1. The lowest BCUT2D eigenvalue weighted by Gasteiger charge is -2.16. The van der Waals surface area contributed by atoms with E-state index in [0.717, 1.165) is 12.8 Å². The maximum absolute atomic E-state index is 13.6. The molecular formula is C17H21FN2O5. The van der Waals surface area contributed by atoms with Gasteiger partial charge in [-0.1, -0.05) is 6.07 Å². The van der Waals surface area contributed by atoms with E-state index in [4.69, 9.17) is 9.47 Å². The van der Waals surface area contributed by atoms with E-state index >= 15 is 0 Å². The molecule has 8 heteroatoms. The molecular weight excluding hydrogens is 331 g/mol. The van der Waals surface area contributed by atoms with Crippen molar-refractivity contribution in [2.24, 2.45) is 0 Å². The zero-order valence-corrected chi connectivity index (χ0v) is 14.2. The van der Waals surface area contributed by atoms with Crippen molar-refractivity contribution in [3.05, 3.63) is 29.6 Å². The summed E-state index contributed by atoms with van der Waals surface area (Å²) < 4.78 is 23.2. The van der Waals surface area contributed by atoms with E-state index in [1.807, 2.05) is 0 Å². The summed E-state index contributed by atoms with van der Waals surface area (Å²) in [5, 5.41) is 2.77. The third kappa shape index (κ3) is 6.06. The summed E-state index contributed by atoms with van der Waals surface area (Å²) >= 11 is 0. The summed E-state index contributed by atoms with van der Waals surface area (Å²) in [6, 6.07) is 4.35. The maximum atomic E-state index is 13.6. The molecule has 0 heterocycles. The topological polar surface area (TPSA) is 84.9 Å². The van der Waals surface area contributed by atoms with Crippen molar-refractivity contribution >= 4 is 17.8 Å². The fourth-order valence-electron chi connectivity index (χ4n) is 2.09. The van der Waals surface area contributed by atoms with E-state index in [9.17, 15) is 18.8 Å². The Labute approximate surface area is 145 Å². The van der Waals surface area contributed by atoms with E-state index in [0.29, 0.717) is 5.56 Å². The minimum atomic E-state index is -0.659. The second-order valence-corrected chi connectivity index (χ2v) is 5.90. The lowest BCUT2D eigenvalue weighted by molar-refractivity contribution is -0.151. The number of hydrogen-bond donors (Lipinski definition) is 1. The van der Waals surface area contributed by atoms with Crippen molar-refractivity contribution < 1.29 is 28.2 Å². The quantitative estimate of drug-likeness (QED) is 0.695. The summed E-state index contributed by atoms with van der Waals surface area (Å²) in [6.45, 7) is -0.554. The number of ether oxygens (including phenoxy) is 2. The van der Waals surface area contributed by atoms with Crippen LogP contribution in [0.2, 0.25) is 0 Å². The van der Waals surface area contributed by atoms with Crippen LogP contribution in [-0.4, -0.2) is 56.0 Å². The largest absolute Gasteiger partial charge is 0.494 e. The molecule has 0 radical (unpaired) electrons. The SMILES string of the molecule is COc1ccc(CC(=O)OCC(=O)N(C)CC(=O)NC2CC2)cc1F. The summed E-state index contributed by atoms with van der Waals surface area (Å²) in [5.74, 6) is -1.88. The van der Waals surface area contributed by atoms with Gasteiger partial charge in [0.1, 0.15) is 0 Å². The monoisotopic (exact) mass is 352 g/mol.